The molecule has 1 aliphatic heterocycles. The molecule has 0 saturated carbocycles. The lowest BCUT2D eigenvalue weighted by Crippen LogP contribution is -2.42. The average molecular weight is 450 g/mol. The van der Waals surface area contributed by atoms with E-state index in [1.165, 1.54) is 0 Å². The molecule has 3 N–H and O–H groups in total. The van der Waals surface area contributed by atoms with E-state index in [-0.39, 0.29) is 19.1 Å². The van der Waals surface area contributed by atoms with Gasteiger partial charge in [0.05, 0.1) is 11.5 Å². The van der Waals surface area contributed by atoms with Gasteiger partial charge in [-0.15, -0.1) is 0 Å². The zero-order chi connectivity index (χ0) is 23.8. The summed E-state index contributed by atoms with van der Waals surface area (Å²) in [5.74, 6) is -1.39. The summed E-state index contributed by atoms with van der Waals surface area (Å²) in [6.07, 6.45) is 0. The van der Waals surface area contributed by atoms with Crippen molar-refractivity contribution in [3.63, 3.8) is 0 Å². The SMILES string of the molecule is CCNC(=O)C1C(C)=NC(C)=C(C(=O)OCCN)C1c1ccccc1OCc1ccccc1. The molecule has 0 radical (unpaired) electrons. The van der Waals surface area contributed by atoms with Gasteiger partial charge in [0.2, 0.25) is 5.91 Å². The number of amides is 1. The highest BCUT2D eigenvalue weighted by Crippen LogP contribution is 2.43. The number of nitrogens with one attached hydrogen (secondary N) is 1. The Bertz CT molecular complexity index is 1050. The van der Waals surface area contributed by atoms with Crippen LogP contribution in [0.5, 0.6) is 5.75 Å². The number of ether oxygens (including phenoxy) is 2. The van der Waals surface area contributed by atoms with Gasteiger partial charge >= 0.3 is 5.97 Å². The van der Waals surface area contributed by atoms with Gasteiger partial charge in [-0.2, -0.15) is 0 Å². The second-order valence-corrected chi connectivity index (χ2v) is 7.84. The summed E-state index contributed by atoms with van der Waals surface area (Å²) < 4.78 is 11.6. The largest absolute Gasteiger partial charge is 0.489 e. The fourth-order valence-electron chi connectivity index (χ4n) is 4.10. The van der Waals surface area contributed by atoms with E-state index in [0.29, 0.717) is 35.9 Å². The number of allylic oxidation sites excluding steroid dienone is 1. The van der Waals surface area contributed by atoms with Crippen molar-refractivity contribution in [2.75, 3.05) is 19.7 Å². The highest BCUT2D eigenvalue weighted by Gasteiger charge is 2.42. The summed E-state index contributed by atoms with van der Waals surface area (Å²) in [6.45, 7) is 6.56. The zero-order valence-electron chi connectivity index (χ0n) is 19.3. The first kappa shape index (κ1) is 24.2. The third-order valence-corrected chi connectivity index (χ3v) is 5.52. The number of rotatable bonds is 9. The molecule has 0 bridgehead atoms. The third-order valence-electron chi connectivity index (χ3n) is 5.52. The van der Waals surface area contributed by atoms with Gasteiger partial charge in [-0.1, -0.05) is 48.5 Å². The number of hydrogen-bond acceptors (Lipinski definition) is 6. The van der Waals surface area contributed by atoms with Gasteiger partial charge in [0.1, 0.15) is 19.0 Å². The van der Waals surface area contributed by atoms with Crippen LogP contribution < -0.4 is 15.8 Å². The Balaban J connectivity index is 2.07. The van der Waals surface area contributed by atoms with Gasteiger partial charge in [0, 0.05) is 36.0 Å². The average Bonchev–Trinajstić information content (AvgIpc) is 2.81. The zero-order valence-corrected chi connectivity index (χ0v) is 19.3. The maximum Gasteiger partial charge on any atom is 0.336 e. The van der Waals surface area contributed by atoms with Crippen molar-refractivity contribution < 1.29 is 19.1 Å². The molecular formula is C26H31N3O4. The number of carbonyl (C=O) groups is 2. The lowest BCUT2D eigenvalue weighted by molar-refractivity contribution is -0.139. The fourth-order valence-corrected chi connectivity index (χ4v) is 4.10. The minimum Gasteiger partial charge on any atom is -0.489 e. The van der Waals surface area contributed by atoms with Crippen LogP contribution in [0, 0.1) is 5.92 Å². The third kappa shape index (κ3) is 5.68. The van der Waals surface area contributed by atoms with Crippen LogP contribution in [0.1, 0.15) is 37.8 Å². The first-order valence-corrected chi connectivity index (χ1v) is 11.1. The number of aliphatic imine (C=N–C) groups is 1. The van der Waals surface area contributed by atoms with Crippen molar-refractivity contribution in [1.29, 1.82) is 0 Å². The second kappa shape index (κ2) is 11.4. The van der Waals surface area contributed by atoms with Crippen LogP contribution >= 0.6 is 0 Å². The van der Waals surface area contributed by atoms with Crippen molar-refractivity contribution in [3.8, 4) is 5.75 Å². The number of carbonyl (C=O) groups excluding carboxylic acids is 2. The molecule has 0 saturated heterocycles. The van der Waals surface area contributed by atoms with Crippen molar-refractivity contribution in [2.24, 2.45) is 16.6 Å². The van der Waals surface area contributed by atoms with E-state index in [9.17, 15) is 9.59 Å². The first-order chi connectivity index (χ1) is 16.0. The van der Waals surface area contributed by atoms with E-state index in [0.717, 1.165) is 11.1 Å². The number of para-hydroxylation sites is 1. The van der Waals surface area contributed by atoms with Gasteiger partial charge < -0.3 is 20.5 Å². The lowest BCUT2D eigenvalue weighted by atomic mass is 9.75. The predicted octanol–water partition coefficient (Wildman–Crippen LogP) is 3.35. The summed E-state index contributed by atoms with van der Waals surface area (Å²) in [4.78, 5) is 30.8. The normalized spacial score (nSPS) is 17.9. The van der Waals surface area contributed by atoms with Gasteiger partial charge in [0.15, 0.2) is 0 Å². The Morgan fingerprint density at radius 3 is 2.45 bits per heavy atom. The molecule has 3 rings (SSSR count). The number of hydrogen-bond donors (Lipinski definition) is 2. The van der Waals surface area contributed by atoms with Gasteiger partial charge in [-0.25, -0.2) is 4.79 Å². The predicted molar refractivity (Wildman–Crippen MR) is 128 cm³/mol. The molecule has 1 amide bonds. The molecule has 2 unspecified atom stereocenters. The summed E-state index contributed by atoms with van der Waals surface area (Å²) >= 11 is 0. The first-order valence-electron chi connectivity index (χ1n) is 11.1. The number of nitrogens with zero attached hydrogens (tertiary/aromatic N) is 1. The van der Waals surface area contributed by atoms with E-state index in [1.54, 1.807) is 6.92 Å². The molecule has 7 heteroatoms. The summed E-state index contributed by atoms with van der Waals surface area (Å²) in [5.41, 5.74) is 8.80. The van der Waals surface area contributed by atoms with Gasteiger partial charge in [-0.05, 0) is 32.4 Å². The van der Waals surface area contributed by atoms with E-state index >= 15 is 0 Å². The Kier molecular flexibility index (Phi) is 8.38. The van der Waals surface area contributed by atoms with Crippen LogP contribution in [0.4, 0.5) is 0 Å². The maximum absolute atomic E-state index is 13.1. The number of nitrogens with two attached hydrogens (primary N) is 1. The van der Waals surface area contributed by atoms with Crippen LogP contribution in [0.25, 0.3) is 0 Å². The van der Waals surface area contributed by atoms with Crippen LogP contribution in [-0.2, 0) is 20.9 Å². The molecule has 33 heavy (non-hydrogen) atoms. The molecule has 1 heterocycles. The van der Waals surface area contributed by atoms with Crippen LogP contribution in [0.3, 0.4) is 0 Å². The smallest absolute Gasteiger partial charge is 0.336 e. The van der Waals surface area contributed by atoms with E-state index in [1.807, 2.05) is 68.4 Å². The van der Waals surface area contributed by atoms with Crippen molar-refractivity contribution in [2.45, 2.75) is 33.3 Å². The highest BCUT2D eigenvalue weighted by molar-refractivity contribution is 6.08. The van der Waals surface area contributed by atoms with Crippen LogP contribution in [-0.4, -0.2) is 37.3 Å². The molecule has 0 aromatic heterocycles. The second-order valence-electron chi connectivity index (χ2n) is 7.84. The number of esters is 1. The summed E-state index contributed by atoms with van der Waals surface area (Å²) in [5, 5.41) is 2.88. The van der Waals surface area contributed by atoms with E-state index < -0.39 is 17.8 Å². The van der Waals surface area contributed by atoms with Crippen LogP contribution in [0.2, 0.25) is 0 Å². The van der Waals surface area contributed by atoms with E-state index in [4.69, 9.17) is 15.2 Å². The minimum absolute atomic E-state index is 0.0863. The topological polar surface area (TPSA) is 103 Å². The summed E-state index contributed by atoms with van der Waals surface area (Å²) in [6, 6.07) is 17.3. The summed E-state index contributed by atoms with van der Waals surface area (Å²) in [7, 11) is 0. The van der Waals surface area contributed by atoms with Crippen LogP contribution in [0.15, 0.2) is 70.9 Å². The molecule has 1 aliphatic rings. The Morgan fingerprint density at radius 2 is 1.76 bits per heavy atom. The fraction of sp³-hybridized carbons (Fsp3) is 0.346. The van der Waals surface area contributed by atoms with Gasteiger partial charge in [-0.3, -0.25) is 9.79 Å². The van der Waals surface area contributed by atoms with Crippen molar-refractivity contribution in [3.05, 3.63) is 77.0 Å². The van der Waals surface area contributed by atoms with E-state index in [2.05, 4.69) is 10.3 Å². The maximum atomic E-state index is 13.1. The monoisotopic (exact) mass is 449 g/mol. The molecule has 0 aliphatic carbocycles. The highest BCUT2D eigenvalue weighted by atomic mass is 16.5. The molecule has 2 aromatic rings. The number of benzene rings is 2. The molecular weight excluding hydrogens is 418 g/mol. The molecule has 174 valence electrons. The standard InChI is InChI=1S/C26H31N3O4/c1-4-28-25(30)22-17(2)29-18(3)23(26(31)32-15-14-27)24(22)20-12-8-9-13-21(20)33-16-19-10-6-5-7-11-19/h5-13,22,24H,4,14-16,27H2,1-3H3,(H,28,30). The molecule has 0 fully saturated rings. The van der Waals surface area contributed by atoms with Crippen molar-refractivity contribution in [1.82, 2.24) is 5.32 Å². The Hall–Kier alpha value is -3.45. The van der Waals surface area contributed by atoms with Crippen molar-refractivity contribution >= 4 is 17.6 Å². The Morgan fingerprint density at radius 1 is 1.06 bits per heavy atom. The molecule has 2 atom stereocenters. The minimum atomic E-state index is -0.671. The molecule has 0 spiro atoms. The lowest BCUT2D eigenvalue weighted by Gasteiger charge is -2.33. The Labute approximate surface area is 194 Å². The van der Waals surface area contributed by atoms with Gasteiger partial charge in [0.25, 0.3) is 0 Å². The quantitative estimate of drug-likeness (QED) is 0.572. The molecule has 7 nitrogen and oxygen atoms in total. The molecule has 2 aromatic carbocycles.